The first kappa shape index (κ1) is 22.1. The van der Waals surface area contributed by atoms with Gasteiger partial charge in [0.25, 0.3) is 11.8 Å². The number of ether oxygens (including phenoxy) is 2. The number of carbonyl (C=O) groups is 2. The maximum Gasteiger partial charge on any atom is 0.573 e. The van der Waals surface area contributed by atoms with Gasteiger partial charge in [0.05, 0.1) is 11.2 Å². The van der Waals surface area contributed by atoms with E-state index >= 15 is 0 Å². The summed E-state index contributed by atoms with van der Waals surface area (Å²) in [6.07, 6.45) is -2.52. The van der Waals surface area contributed by atoms with Crippen LogP contribution in [0.25, 0.3) is 0 Å². The van der Waals surface area contributed by atoms with Gasteiger partial charge in [0.2, 0.25) is 0 Å². The van der Waals surface area contributed by atoms with Crippen molar-refractivity contribution in [2.24, 2.45) is 0 Å². The molecule has 1 aromatic carbocycles. The van der Waals surface area contributed by atoms with Crippen molar-refractivity contribution in [2.75, 3.05) is 6.61 Å². The molecule has 7 nitrogen and oxygen atoms in total. The van der Waals surface area contributed by atoms with Crippen LogP contribution in [0.15, 0.2) is 36.5 Å². The van der Waals surface area contributed by atoms with Gasteiger partial charge in [0, 0.05) is 17.1 Å². The van der Waals surface area contributed by atoms with Gasteiger partial charge in [-0.1, -0.05) is 11.6 Å². The fourth-order valence-corrected chi connectivity index (χ4v) is 4.23. The number of amides is 2. The van der Waals surface area contributed by atoms with E-state index in [4.69, 9.17) is 16.3 Å². The van der Waals surface area contributed by atoms with E-state index in [0.717, 1.165) is 24.4 Å². The van der Waals surface area contributed by atoms with Crippen LogP contribution in [0.2, 0.25) is 5.02 Å². The second-order valence-corrected chi connectivity index (χ2v) is 8.29. The molecule has 1 aromatic heterocycles. The number of carbonyl (C=O) groups excluding carboxylic acids is 2. The van der Waals surface area contributed by atoms with Crippen molar-refractivity contribution in [3.05, 3.63) is 53.1 Å². The highest BCUT2D eigenvalue weighted by molar-refractivity contribution is 6.30. The average Bonchev–Trinajstić information content (AvgIpc) is 2.65. The molecule has 12 heteroatoms. The molecule has 5 rings (SSSR count). The van der Waals surface area contributed by atoms with E-state index in [-0.39, 0.29) is 29.0 Å². The second-order valence-electron chi connectivity index (χ2n) is 7.88. The Bertz CT molecular complexity index is 1040. The SMILES string of the molecule is O=C(COc1ccc(Cl)c(F)c1)NC12CC(NC(=O)c3ccc(OC(F)(F)F)cn3)(C1)C2. The molecule has 0 aliphatic heterocycles. The summed E-state index contributed by atoms with van der Waals surface area (Å²) in [7, 11) is 0. The summed E-state index contributed by atoms with van der Waals surface area (Å²) in [6.45, 7) is -0.307. The van der Waals surface area contributed by atoms with E-state index in [1.54, 1.807) is 0 Å². The van der Waals surface area contributed by atoms with Crippen LogP contribution in [0.1, 0.15) is 29.8 Å². The van der Waals surface area contributed by atoms with Gasteiger partial charge in [-0.05, 0) is 43.5 Å². The van der Waals surface area contributed by atoms with Crippen molar-refractivity contribution in [1.82, 2.24) is 15.6 Å². The molecule has 32 heavy (non-hydrogen) atoms. The van der Waals surface area contributed by atoms with E-state index in [9.17, 15) is 27.2 Å². The van der Waals surface area contributed by atoms with Crippen molar-refractivity contribution < 1.29 is 36.6 Å². The van der Waals surface area contributed by atoms with E-state index in [1.807, 2.05) is 0 Å². The van der Waals surface area contributed by atoms with Crippen molar-refractivity contribution in [3.8, 4) is 11.5 Å². The van der Waals surface area contributed by atoms with Crippen LogP contribution < -0.4 is 20.1 Å². The molecule has 2 bridgehead atoms. The molecule has 2 N–H and O–H groups in total. The molecular weight excluding hydrogens is 458 g/mol. The molecule has 0 atom stereocenters. The summed E-state index contributed by atoms with van der Waals surface area (Å²) in [4.78, 5) is 28.2. The van der Waals surface area contributed by atoms with Crippen molar-refractivity contribution in [1.29, 1.82) is 0 Å². The van der Waals surface area contributed by atoms with E-state index in [2.05, 4.69) is 20.4 Å². The molecule has 3 fully saturated rings. The van der Waals surface area contributed by atoms with Crippen LogP contribution in [0.5, 0.6) is 11.5 Å². The van der Waals surface area contributed by atoms with Crippen LogP contribution in [-0.4, -0.2) is 40.8 Å². The lowest BCUT2D eigenvalue weighted by atomic mass is 9.44. The fourth-order valence-electron chi connectivity index (χ4n) is 4.11. The number of alkyl halides is 3. The summed E-state index contributed by atoms with van der Waals surface area (Å²) in [6, 6.07) is 5.99. The maximum absolute atomic E-state index is 13.4. The van der Waals surface area contributed by atoms with Crippen LogP contribution >= 0.6 is 11.6 Å². The molecule has 0 radical (unpaired) electrons. The zero-order chi connectivity index (χ0) is 23.1. The third-order valence-electron chi connectivity index (χ3n) is 5.28. The van der Waals surface area contributed by atoms with E-state index in [1.165, 1.54) is 12.1 Å². The Kier molecular flexibility index (Phi) is 5.40. The van der Waals surface area contributed by atoms with Gasteiger partial charge in [0.1, 0.15) is 23.0 Å². The molecule has 3 saturated carbocycles. The molecule has 1 heterocycles. The lowest BCUT2D eigenvalue weighted by molar-refractivity contribution is -0.274. The number of rotatable bonds is 7. The summed E-state index contributed by atoms with van der Waals surface area (Å²) < 4.78 is 58.9. The smallest absolute Gasteiger partial charge is 0.484 e. The number of nitrogens with zero attached hydrogens (tertiary/aromatic N) is 1. The molecule has 3 aliphatic rings. The summed E-state index contributed by atoms with van der Waals surface area (Å²) in [5.41, 5.74) is -0.990. The highest BCUT2D eigenvalue weighted by atomic mass is 35.5. The molecule has 2 aromatic rings. The number of halogens is 5. The van der Waals surface area contributed by atoms with Gasteiger partial charge < -0.3 is 20.1 Å². The van der Waals surface area contributed by atoms with Gasteiger partial charge in [0.15, 0.2) is 6.61 Å². The number of aromatic nitrogens is 1. The van der Waals surface area contributed by atoms with Crippen LogP contribution in [-0.2, 0) is 4.79 Å². The number of pyridine rings is 1. The van der Waals surface area contributed by atoms with Crippen LogP contribution in [0.4, 0.5) is 17.6 Å². The number of nitrogens with one attached hydrogen (secondary N) is 2. The molecular formula is C20H16ClF4N3O4. The van der Waals surface area contributed by atoms with Gasteiger partial charge in [-0.15, -0.1) is 13.2 Å². The quantitative estimate of drug-likeness (QED) is 0.602. The zero-order valence-corrected chi connectivity index (χ0v) is 17.0. The first-order valence-corrected chi connectivity index (χ1v) is 9.78. The molecule has 0 spiro atoms. The molecule has 2 amide bonds. The summed E-state index contributed by atoms with van der Waals surface area (Å²) in [5.74, 6) is -1.93. The van der Waals surface area contributed by atoms with Gasteiger partial charge in [-0.2, -0.15) is 0 Å². The minimum Gasteiger partial charge on any atom is -0.484 e. The van der Waals surface area contributed by atoms with Gasteiger partial charge in [-0.25, -0.2) is 9.37 Å². The Morgan fingerprint density at radius 3 is 2.31 bits per heavy atom. The highest BCUT2D eigenvalue weighted by Crippen LogP contribution is 2.60. The zero-order valence-electron chi connectivity index (χ0n) is 16.3. The monoisotopic (exact) mass is 473 g/mol. The number of hydrogen-bond donors (Lipinski definition) is 2. The normalized spacial score (nSPS) is 23.4. The molecule has 170 valence electrons. The lowest BCUT2D eigenvalue weighted by Gasteiger charge is -2.70. The van der Waals surface area contributed by atoms with Gasteiger partial charge >= 0.3 is 6.36 Å². The largest absolute Gasteiger partial charge is 0.573 e. The van der Waals surface area contributed by atoms with Crippen LogP contribution in [0.3, 0.4) is 0 Å². The third-order valence-corrected chi connectivity index (χ3v) is 5.58. The Morgan fingerprint density at radius 2 is 1.72 bits per heavy atom. The topological polar surface area (TPSA) is 89.6 Å². The Labute approximate surface area is 184 Å². The van der Waals surface area contributed by atoms with Crippen molar-refractivity contribution in [3.63, 3.8) is 0 Å². The highest BCUT2D eigenvalue weighted by Gasteiger charge is 2.69. The molecule has 3 aliphatic carbocycles. The molecule has 0 unspecified atom stereocenters. The lowest BCUT2D eigenvalue weighted by Crippen LogP contribution is -2.84. The Hall–Kier alpha value is -3.08. The Balaban J connectivity index is 1.22. The predicted octanol–water partition coefficient (Wildman–Crippen LogP) is 3.37. The van der Waals surface area contributed by atoms with Crippen molar-refractivity contribution in [2.45, 2.75) is 36.7 Å². The fraction of sp³-hybridized carbons (Fsp3) is 0.350. The standard InChI is InChI=1S/C20H16ClF4N3O4/c21-13-3-1-11(5-14(13)22)31-7-16(29)27-18-8-19(9-18,10-18)28-17(30)15-4-2-12(6-26-15)32-20(23,24)25/h1-6H,7-10H2,(H,27,29)(H,28,30). The van der Waals surface area contributed by atoms with Gasteiger partial charge in [-0.3, -0.25) is 9.59 Å². The average molecular weight is 474 g/mol. The second kappa shape index (κ2) is 7.80. The first-order valence-electron chi connectivity index (χ1n) is 9.40. The number of benzene rings is 1. The minimum absolute atomic E-state index is 0.0501. The minimum atomic E-state index is -4.84. The first-order chi connectivity index (χ1) is 15.0. The predicted molar refractivity (Wildman–Crippen MR) is 103 cm³/mol. The Morgan fingerprint density at radius 1 is 1.06 bits per heavy atom. The number of hydrogen-bond acceptors (Lipinski definition) is 5. The van der Waals surface area contributed by atoms with Crippen LogP contribution in [0, 0.1) is 5.82 Å². The van der Waals surface area contributed by atoms with E-state index < -0.39 is 34.9 Å². The third kappa shape index (κ3) is 4.72. The maximum atomic E-state index is 13.4. The van der Waals surface area contributed by atoms with E-state index in [0.29, 0.717) is 19.3 Å². The molecule has 0 saturated heterocycles. The van der Waals surface area contributed by atoms with Crippen molar-refractivity contribution >= 4 is 23.4 Å². The summed E-state index contributed by atoms with van der Waals surface area (Å²) in [5, 5.41) is 5.61. The summed E-state index contributed by atoms with van der Waals surface area (Å²) >= 11 is 5.59.